The minimum atomic E-state index is -0.986. The van der Waals surface area contributed by atoms with Gasteiger partial charge >= 0.3 is 12.1 Å². The van der Waals surface area contributed by atoms with Crippen LogP contribution in [0.5, 0.6) is 0 Å². The van der Waals surface area contributed by atoms with E-state index in [1.807, 2.05) is 0 Å². The molecule has 5 nitrogen and oxygen atoms in total. The molecule has 1 unspecified atom stereocenters. The second-order valence-corrected chi connectivity index (χ2v) is 8.64. The Kier molecular flexibility index (Phi) is 4.09. The highest BCUT2D eigenvalue weighted by molar-refractivity contribution is 5.82. The van der Waals surface area contributed by atoms with E-state index in [1.165, 1.54) is 11.1 Å². The highest BCUT2D eigenvalue weighted by Crippen LogP contribution is 2.74. The zero-order valence-corrected chi connectivity index (χ0v) is 15.4. The fourth-order valence-electron chi connectivity index (χ4n) is 4.47. The van der Waals surface area contributed by atoms with Crippen molar-refractivity contribution in [2.24, 2.45) is 5.41 Å². The number of benzene rings is 1. The molecule has 0 radical (unpaired) electrons. The van der Waals surface area contributed by atoms with Crippen LogP contribution in [0.1, 0.15) is 58.1 Å². The number of aryl methyl sites for hydroxylation is 1. The number of hydrogen-bond acceptors (Lipinski definition) is 3. The first-order chi connectivity index (χ1) is 11.6. The monoisotopic (exact) mass is 345 g/mol. The highest BCUT2D eigenvalue weighted by Gasteiger charge is 2.72. The van der Waals surface area contributed by atoms with E-state index in [1.54, 1.807) is 20.8 Å². The molecule has 0 aliphatic heterocycles. The fourth-order valence-corrected chi connectivity index (χ4v) is 4.47. The fraction of sp³-hybridized carbons (Fsp3) is 0.600. The standard InChI is InChI=1S/C20H27NO4/c1-5-13-6-8-14(9-7-13)19-10-20(11-19,12-19)15(16(22)23)21-17(24)25-18(2,3)4/h6-9,15H,5,10-12H2,1-4H3,(H,21,24)(H,22,23). The molecule has 2 bridgehead atoms. The van der Waals surface area contributed by atoms with Crippen LogP contribution in [0.15, 0.2) is 24.3 Å². The number of carbonyl (C=O) groups excluding carboxylic acids is 1. The summed E-state index contributed by atoms with van der Waals surface area (Å²) in [4.78, 5) is 23.7. The number of hydrogen-bond donors (Lipinski definition) is 2. The normalized spacial score (nSPS) is 28.3. The zero-order chi connectivity index (χ0) is 18.5. The number of ether oxygens (including phenoxy) is 1. The third kappa shape index (κ3) is 3.12. The summed E-state index contributed by atoms with van der Waals surface area (Å²) >= 11 is 0. The van der Waals surface area contributed by atoms with Crippen molar-refractivity contribution >= 4 is 12.1 Å². The molecular weight excluding hydrogens is 318 g/mol. The summed E-state index contributed by atoms with van der Waals surface area (Å²) in [5, 5.41) is 12.2. The molecule has 4 rings (SSSR count). The third-order valence-corrected chi connectivity index (χ3v) is 5.57. The first-order valence-corrected chi connectivity index (χ1v) is 8.91. The van der Waals surface area contributed by atoms with Crippen molar-refractivity contribution < 1.29 is 19.4 Å². The molecule has 3 aliphatic rings. The molecule has 136 valence electrons. The van der Waals surface area contributed by atoms with Crippen molar-refractivity contribution in [2.75, 3.05) is 0 Å². The summed E-state index contributed by atoms with van der Waals surface area (Å²) in [6.45, 7) is 7.42. The number of nitrogens with one attached hydrogen (secondary N) is 1. The van der Waals surface area contributed by atoms with Crippen LogP contribution in [0.3, 0.4) is 0 Å². The second kappa shape index (κ2) is 5.75. The Morgan fingerprint density at radius 2 is 1.76 bits per heavy atom. The van der Waals surface area contributed by atoms with E-state index >= 15 is 0 Å². The zero-order valence-electron chi connectivity index (χ0n) is 15.4. The Hall–Kier alpha value is -2.04. The lowest BCUT2D eigenvalue weighted by Gasteiger charge is -2.72. The third-order valence-electron chi connectivity index (χ3n) is 5.57. The number of amides is 1. The quantitative estimate of drug-likeness (QED) is 0.854. The van der Waals surface area contributed by atoms with E-state index < -0.39 is 23.7 Å². The van der Waals surface area contributed by atoms with Crippen molar-refractivity contribution in [3.05, 3.63) is 35.4 Å². The average Bonchev–Trinajstić information content (AvgIpc) is 2.42. The minimum absolute atomic E-state index is 0.0928. The Morgan fingerprint density at radius 3 is 2.20 bits per heavy atom. The molecule has 0 heterocycles. The summed E-state index contributed by atoms with van der Waals surface area (Å²) in [7, 11) is 0. The van der Waals surface area contributed by atoms with Crippen molar-refractivity contribution in [1.82, 2.24) is 5.32 Å². The summed E-state index contributed by atoms with van der Waals surface area (Å²) < 4.78 is 5.22. The molecule has 1 amide bonds. The molecule has 5 heteroatoms. The van der Waals surface area contributed by atoms with Gasteiger partial charge in [-0.25, -0.2) is 9.59 Å². The van der Waals surface area contributed by atoms with Gasteiger partial charge in [0.05, 0.1) is 0 Å². The van der Waals surface area contributed by atoms with Crippen LogP contribution in [0, 0.1) is 5.41 Å². The van der Waals surface area contributed by atoms with Crippen LogP contribution < -0.4 is 5.32 Å². The van der Waals surface area contributed by atoms with Gasteiger partial charge in [-0.2, -0.15) is 0 Å². The van der Waals surface area contributed by atoms with Crippen LogP contribution >= 0.6 is 0 Å². The van der Waals surface area contributed by atoms with Crippen molar-refractivity contribution in [3.8, 4) is 0 Å². The molecular formula is C20H27NO4. The van der Waals surface area contributed by atoms with E-state index in [0.717, 1.165) is 25.7 Å². The van der Waals surface area contributed by atoms with Crippen LogP contribution in [-0.2, 0) is 21.4 Å². The lowest BCUT2D eigenvalue weighted by molar-refractivity contribution is -0.183. The largest absolute Gasteiger partial charge is 0.480 e. The van der Waals surface area contributed by atoms with Gasteiger partial charge in [0, 0.05) is 5.41 Å². The number of carbonyl (C=O) groups is 2. The molecule has 1 atom stereocenters. The van der Waals surface area contributed by atoms with Gasteiger partial charge in [-0.1, -0.05) is 31.2 Å². The lowest BCUT2D eigenvalue weighted by atomic mass is 9.31. The van der Waals surface area contributed by atoms with Crippen molar-refractivity contribution in [3.63, 3.8) is 0 Å². The average molecular weight is 345 g/mol. The molecule has 3 saturated carbocycles. The predicted molar refractivity (Wildman–Crippen MR) is 94.6 cm³/mol. The van der Waals surface area contributed by atoms with Gasteiger partial charge in [0.15, 0.2) is 0 Å². The van der Waals surface area contributed by atoms with Gasteiger partial charge < -0.3 is 15.2 Å². The van der Waals surface area contributed by atoms with Crippen LogP contribution in [0.2, 0.25) is 0 Å². The molecule has 1 aromatic rings. The van der Waals surface area contributed by atoms with E-state index in [2.05, 4.69) is 36.5 Å². The minimum Gasteiger partial charge on any atom is -0.480 e. The Balaban J connectivity index is 1.66. The van der Waals surface area contributed by atoms with Crippen molar-refractivity contribution in [2.45, 2.75) is 70.4 Å². The van der Waals surface area contributed by atoms with Gasteiger partial charge in [0.25, 0.3) is 0 Å². The molecule has 2 N–H and O–H groups in total. The summed E-state index contributed by atoms with van der Waals surface area (Å²) in [5.41, 5.74) is 1.70. The SMILES string of the molecule is CCc1ccc(C23CC(C(NC(=O)OC(C)(C)C)C(=O)O)(C2)C3)cc1. The second-order valence-electron chi connectivity index (χ2n) is 8.64. The maximum Gasteiger partial charge on any atom is 0.408 e. The van der Waals surface area contributed by atoms with Crippen LogP contribution in [0.25, 0.3) is 0 Å². The van der Waals surface area contributed by atoms with Crippen molar-refractivity contribution in [1.29, 1.82) is 0 Å². The lowest BCUT2D eigenvalue weighted by Crippen LogP contribution is -2.73. The van der Waals surface area contributed by atoms with Gasteiger partial charge in [0.2, 0.25) is 0 Å². The first-order valence-electron chi connectivity index (χ1n) is 8.91. The topological polar surface area (TPSA) is 75.6 Å². The molecule has 3 aliphatic carbocycles. The van der Waals surface area contributed by atoms with E-state index in [9.17, 15) is 14.7 Å². The maximum absolute atomic E-state index is 12.0. The summed E-state index contributed by atoms with van der Waals surface area (Å²) in [6.07, 6.45) is 2.76. The van der Waals surface area contributed by atoms with Gasteiger partial charge in [-0.15, -0.1) is 0 Å². The summed E-state index contributed by atoms with van der Waals surface area (Å²) in [5.74, 6) is -0.986. The van der Waals surface area contributed by atoms with Crippen LogP contribution in [0.4, 0.5) is 4.79 Å². The predicted octanol–water partition coefficient (Wildman–Crippen LogP) is 3.65. The van der Waals surface area contributed by atoms with Gasteiger partial charge in [0.1, 0.15) is 11.6 Å². The van der Waals surface area contributed by atoms with Crippen LogP contribution in [-0.4, -0.2) is 28.8 Å². The molecule has 3 fully saturated rings. The number of rotatable bonds is 5. The summed E-state index contributed by atoms with van der Waals surface area (Å²) in [6, 6.07) is 7.74. The Bertz CT molecular complexity index is 667. The molecule has 0 spiro atoms. The highest BCUT2D eigenvalue weighted by atomic mass is 16.6. The van der Waals surface area contributed by atoms with E-state index in [0.29, 0.717) is 0 Å². The van der Waals surface area contributed by atoms with Gasteiger partial charge in [-0.05, 0) is 63.0 Å². The molecule has 0 aromatic heterocycles. The van der Waals surface area contributed by atoms with Gasteiger partial charge in [-0.3, -0.25) is 0 Å². The smallest absolute Gasteiger partial charge is 0.408 e. The molecule has 1 aromatic carbocycles. The maximum atomic E-state index is 12.0. The Labute approximate surface area is 148 Å². The van der Waals surface area contributed by atoms with E-state index in [-0.39, 0.29) is 10.8 Å². The Morgan fingerprint density at radius 1 is 1.20 bits per heavy atom. The molecule has 0 saturated heterocycles. The molecule has 25 heavy (non-hydrogen) atoms. The number of carboxylic acids is 1. The number of carboxylic acid groups (broad SMARTS) is 1. The van der Waals surface area contributed by atoms with E-state index in [4.69, 9.17) is 4.74 Å². The first kappa shape index (κ1) is 17.8. The number of aliphatic carboxylic acids is 1. The number of alkyl carbamates (subject to hydrolysis) is 1.